The number of piperidine rings is 1. The van der Waals surface area contributed by atoms with E-state index in [2.05, 4.69) is 5.32 Å². The molecule has 1 aliphatic carbocycles. The van der Waals surface area contributed by atoms with Crippen molar-refractivity contribution in [3.05, 3.63) is 69.5 Å². The summed E-state index contributed by atoms with van der Waals surface area (Å²) >= 11 is 12.6. The number of benzene rings is 2. The molecule has 2 saturated heterocycles. The molecule has 5 rings (SSSR count). The van der Waals surface area contributed by atoms with Gasteiger partial charge in [0.15, 0.2) is 5.78 Å². The van der Waals surface area contributed by atoms with Crippen molar-refractivity contribution in [3.8, 4) is 0 Å². The van der Waals surface area contributed by atoms with Crippen molar-refractivity contribution in [1.29, 1.82) is 0 Å². The Morgan fingerprint density at radius 1 is 1.05 bits per heavy atom. The monoisotopic (exact) mass is 573 g/mol. The molecule has 0 unspecified atom stereocenters. The van der Waals surface area contributed by atoms with E-state index in [0.717, 1.165) is 18.4 Å². The van der Waals surface area contributed by atoms with Gasteiger partial charge in [-0.1, -0.05) is 48.3 Å². The molecule has 3 aliphatic rings. The molecule has 0 aromatic heterocycles. The Morgan fingerprint density at radius 3 is 2.33 bits per heavy atom. The molecular formula is C30H34Cl2FN3O3. The van der Waals surface area contributed by atoms with Crippen LogP contribution >= 0.6 is 23.2 Å². The predicted molar refractivity (Wildman–Crippen MR) is 149 cm³/mol. The minimum absolute atomic E-state index is 0.00302. The van der Waals surface area contributed by atoms with E-state index >= 15 is 0 Å². The Balaban J connectivity index is 1.43. The van der Waals surface area contributed by atoms with E-state index in [4.69, 9.17) is 23.2 Å². The SMILES string of the molecule is CN(C(=O)Cc1ccc(F)cc1)[C@@]1(C(=O)C2CCN(C(=O)C3(C)CC3)CC2)CNC[C@@H]1c1ccc(Cl)c(Cl)c1. The lowest BCUT2D eigenvalue weighted by Gasteiger charge is -2.45. The van der Waals surface area contributed by atoms with E-state index in [1.807, 2.05) is 17.9 Å². The lowest BCUT2D eigenvalue weighted by Crippen LogP contribution is -2.62. The number of hydrogen-bond donors (Lipinski definition) is 1. The number of likely N-dealkylation sites (N-methyl/N-ethyl adjacent to an activating group) is 1. The summed E-state index contributed by atoms with van der Waals surface area (Å²) < 4.78 is 13.5. The van der Waals surface area contributed by atoms with Gasteiger partial charge >= 0.3 is 0 Å². The number of amides is 2. The molecule has 1 saturated carbocycles. The summed E-state index contributed by atoms with van der Waals surface area (Å²) in [5.41, 5.74) is 0.124. The van der Waals surface area contributed by atoms with E-state index in [1.54, 1.807) is 36.2 Å². The highest BCUT2D eigenvalue weighted by Crippen LogP contribution is 2.47. The van der Waals surface area contributed by atoms with Crippen LogP contribution < -0.4 is 5.32 Å². The second kappa shape index (κ2) is 10.8. The van der Waals surface area contributed by atoms with Crippen LogP contribution in [0.5, 0.6) is 0 Å². The summed E-state index contributed by atoms with van der Waals surface area (Å²) in [6.45, 7) is 3.89. The molecule has 2 aromatic rings. The first-order chi connectivity index (χ1) is 18.5. The standard InChI is InChI=1S/C30H34Cl2FN3O3/c1-29(11-12-29)28(39)36-13-9-20(10-14-36)27(38)30(35(2)26(37)15-19-3-6-22(33)7-4-19)18-34-17-23(30)21-5-8-24(31)25(32)16-21/h3-8,16,20,23,34H,9-15,17-18H2,1-2H3/t23-,30+/m1/s1. The normalized spacial score (nSPS) is 24.4. The lowest BCUT2D eigenvalue weighted by atomic mass is 9.71. The molecule has 2 amide bonds. The van der Waals surface area contributed by atoms with Gasteiger partial charge in [0.1, 0.15) is 11.4 Å². The minimum Gasteiger partial charge on any atom is -0.342 e. The molecule has 0 spiro atoms. The smallest absolute Gasteiger partial charge is 0.228 e. The quantitative estimate of drug-likeness (QED) is 0.513. The number of rotatable bonds is 7. The number of nitrogens with one attached hydrogen (secondary N) is 1. The topological polar surface area (TPSA) is 69.7 Å². The Morgan fingerprint density at radius 2 is 1.72 bits per heavy atom. The molecule has 2 atom stereocenters. The zero-order valence-electron chi connectivity index (χ0n) is 22.3. The van der Waals surface area contributed by atoms with Crippen molar-refractivity contribution in [1.82, 2.24) is 15.1 Å². The van der Waals surface area contributed by atoms with Gasteiger partial charge in [-0.25, -0.2) is 4.39 Å². The van der Waals surface area contributed by atoms with Crippen molar-refractivity contribution in [3.63, 3.8) is 0 Å². The zero-order chi connectivity index (χ0) is 27.9. The summed E-state index contributed by atoms with van der Waals surface area (Å²) in [5.74, 6) is -1.03. The molecule has 2 aliphatic heterocycles. The molecule has 0 bridgehead atoms. The van der Waals surface area contributed by atoms with E-state index in [9.17, 15) is 18.8 Å². The van der Waals surface area contributed by atoms with Crippen LogP contribution in [0.3, 0.4) is 0 Å². The average Bonchev–Trinajstić information content (AvgIpc) is 3.53. The fraction of sp³-hybridized carbons (Fsp3) is 0.500. The first-order valence-corrected chi connectivity index (χ1v) is 14.3. The number of halogens is 3. The summed E-state index contributed by atoms with van der Waals surface area (Å²) in [6, 6.07) is 11.2. The highest BCUT2D eigenvalue weighted by atomic mass is 35.5. The van der Waals surface area contributed by atoms with Crippen molar-refractivity contribution >= 4 is 40.8 Å². The first kappa shape index (κ1) is 28.1. The van der Waals surface area contributed by atoms with Crippen LogP contribution in [0.1, 0.15) is 49.7 Å². The third kappa shape index (κ3) is 5.33. The highest BCUT2D eigenvalue weighted by Gasteiger charge is 2.56. The summed E-state index contributed by atoms with van der Waals surface area (Å²) in [7, 11) is 1.69. The van der Waals surface area contributed by atoms with Crippen LogP contribution in [0, 0.1) is 17.2 Å². The third-order valence-electron chi connectivity index (χ3n) is 9.00. The number of nitrogens with zero attached hydrogens (tertiary/aromatic N) is 2. The summed E-state index contributed by atoms with van der Waals surface area (Å²) in [5, 5.41) is 4.19. The number of ketones is 1. The second-order valence-corrected chi connectivity index (χ2v) is 12.3. The number of Topliss-reactive ketones (excluding diaryl/α,β-unsaturated/α-hetero) is 1. The maximum Gasteiger partial charge on any atom is 0.228 e. The molecule has 9 heteroatoms. The number of carbonyl (C=O) groups excluding carboxylic acids is 3. The fourth-order valence-electron chi connectivity index (χ4n) is 6.20. The van der Waals surface area contributed by atoms with E-state index in [-0.39, 0.29) is 47.1 Å². The van der Waals surface area contributed by atoms with Crippen LogP contribution in [0.15, 0.2) is 42.5 Å². The fourth-order valence-corrected chi connectivity index (χ4v) is 6.50. The summed E-state index contributed by atoms with van der Waals surface area (Å²) in [6.07, 6.45) is 3.02. The molecule has 3 fully saturated rings. The molecule has 1 N–H and O–H groups in total. The molecule has 0 radical (unpaired) electrons. The van der Waals surface area contributed by atoms with Gasteiger partial charge in [-0.15, -0.1) is 0 Å². The van der Waals surface area contributed by atoms with Gasteiger partial charge in [-0.2, -0.15) is 0 Å². The van der Waals surface area contributed by atoms with Gasteiger partial charge in [-0.3, -0.25) is 14.4 Å². The second-order valence-electron chi connectivity index (χ2n) is 11.5. The van der Waals surface area contributed by atoms with Crippen molar-refractivity contribution in [2.24, 2.45) is 11.3 Å². The Bertz CT molecular complexity index is 1270. The number of carbonyl (C=O) groups is 3. The minimum atomic E-state index is -1.15. The van der Waals surface area contributed by atoms with E-state index < -0.39 is 5.54 Å². The van der Waals surface area contributed by atoms with Gasteiger partial charge in [-0.05, 0) is 61.1 Å². The van der Waals surface area contributed by atoms with Gasteiger partial charge in [0.2, 0.25) is 11.8 Å². The largest absolute Gasteiger partial charge is 0.342 e. The van der Waals surface area contributed by atoms with Crippen LogP contribution in [0.4, 0.5) is 4.39 Å². The number of likely N-dealkylation sites (tertiary alicyclic amines) is 1. The molecule has 39 heavy (non-hydrogen) atoms. The van der Waals surface area contributed by atoms with E-state index in [1.165, 1.54) is 12.1 Å². The Kier molecular flexibility index (Phi) is 7.79. The van der Waals surface area contributed by atoms with Gasteiger partial charge in [0, 0.05) is 50.5 Å². The first-order valence-electron chi connectivity index (χ1n) is 13.6. The van der Waals surface area contributed by atoms with Gasteiger partial charge in [0.25, 0.3) is 0 Å². The Labute approximate surface area is 238 Å². The van der Waals surface area contributed by atoms with E-state index in [0.29, 0.717) is 54.6 Å². The maximum atomic E-state index is 14.5. The lowest BCUT2D eigenvalue weighted by molar-refractivity contribution is -0.148. The highest BCUT2D eigenvalue weighted by molar-refractivity contribution is 6.42. The molecule has 2 aromatic carbocycles. The molecule has 6 nitrogen and oxygen atoms in total. The molecule has 208 valence electrons. The van der Waals surface area contributed by atoms with Crippen LogP contribution in [-0.2, 0) is 20.8 Å². The summed E-state index contributed by atoms with van der Waals surface area (Å²) in [4.78, 5) is 44.6. The van der Waals surface area contributed by atoms with Crippen LogP contribution in [0.2, 0.25) is 10.0 Å². The molecular weight excluding hydrogens is 540 g/mol. The van der Waals surface area contributed by atoms with Gasteiger partial charge in [0.05, 0.1) is 16.5 Å². The maximum absolute atomic E-state index is 14.5. The van der Waals surface area contributed by atoms with Crippen molar-refractivity contribution in [2.45, 2.75) is 50.5 Å². The molecule has 2 heterocycles. The average molecular weight is 575 g/mol. The van der Waals surface area contributed by atoms with Crippen LogP contribution in [-0.4, -0.2) is 66.2 Å². The zero-order valence-corrected chi connectivity index (χ0v) is 23.8. The predicted octanol–water partition coefficient (Wildman–Crippen LogP) is 4.87. The Hall–Kier alpha value is -2.48. The van der Waals surface area contributed by atoms with Crippen LogP contribution in [0.25, 0.3) is 0 Å². The van der Waals surface area contributed by atoms with Gasteiger partial charge < -0.3 is 15.1 Å². The van der Waals surface area contributed by atoms with Crippen molar-refractivity contribution in [2.75, 3.05) is 33.2 Å². The van der Waals surface area contributed by atoms with Crippen molar-refractivity contribution < 1.29 is 18.8 Å². The number of hydrogen-bond acceptors (Lipinski definition) is 4. The third-order valence-corrected chi connectivity index (χ3v) is 9.74.